The number of aryl methyl sites for hydroxylation is 1. The summed E-state index contributed by atoms with van der Waals surface area (Å²) >= 11 is 0. The van der Waals surface area contributed by atoms with Crippen molar-refractivity contribution in [1.29, 1.82) is 0 Å². The third-order valence-corrected chi connectivity index (χ3v) is 9.51. The van der Waals surface area contributed by atoms with Crippen LogP contribution in [-0.2, 0) is 16.0 Å². The van der Waals surface area contributed by atoms with E-state index in [1.54, 1.807) is 0 Å². The van der Waals surface area contributed by atoms with Crippen molar-refractivity contribution in [1.82, 2.24) is 0 Å². The smallest absolute Gasteiger partial charge is 0.305 e. The molecule has 0 radical (unpaired) electrons. The van der Waals surface area contributed by atoms with Crippen molar-refractivity contribution in [2.45, 2.75) is 64.2 Å². The second-order valence-corrected chi connectivity index (χ2v) is 11.8. The number of rotatable bonds is 7. The van der Waals surface area contributed by atoms with Gasteiger partial charge in [0.15, 0.2) is 0 Å². The summed E-state index contributed by atoms with van der Waals surface area (Å²) in [5.41, 5.74) is 1.84. The largest absolute Gasteiger partial charge is 0.466 e. The number of carbonyl (C=O) groups excluding carboxylic acids is 1. The van der Waals surface area contributed by atoms with E-state index in [1.807, 2.05) is 0 Å². The van der Waals surface area contributed by atoms with E-state index in [0.29, 0.717) is 18.4 Å². The van der Waals surface area contributed by atoms with Gasteiger partial charge in [-0.15, -0.1) is 0 Å². The molecule has 0 unspecified atom stereocenters. The summed E-state index contributed by atoms with van der Waals surface area (Å²) in [4.78, 5) is 12.5. The predicted octanol–water partition coefficient (Wildman–Crippen LogP) is 8.06. The molecule has 2 nitrogen and oxygen atoms in total. The molecule has 0 aromatic heterocycles. The van der Waals surface area contributed by atoms with Crippen LogP contribution in [0.4, 0.5) is 0 Å². The fraction of sp³-hybridized carbons (Fsp3) is 0.469. The van der Waals surface area contributed by atoms with Crippen LogP contribution in [-0.4, -0.2) is 12.6 Å². The van der Waals surface area contributed by atoms with Crippen molar-refractivity contribution in [2.24, 2.45) is 23.2 Å². The molecule has 2 heteroatoms. The Morgan fingerprint density at radius 2 is 1.41 bits per heavy atom. The molecule has 0 heterocycles. The number of hydrogen-bond acceptors (Lipinski definition) is 2. The van der Waals surface area contributed by atoms with E-state index in [4.69, 9.17) is 4.74 Å². The number of hydrogen-bond donors (Lipinski definition) is 0. The molecule has 174 valence electrons. The highest BCUT2D eigenvalue weighted by molar-refractivity contribution is 6.23. The van der Waals surface area contributed by atoms with Crippen molar-refractivity contribution in [3.8, 4) is 0 Å². The highest BCUT2D eigenvalue weighted by atomic mass is 16.5. The van der Waals surface area contributed by atoms with Crippen LogP contribution >= 0.6 is 0 Å². The quantitative estimate of drug-likeness (QED) is 0.210. The van der Waals surface area contributed by atoms with Gasteiger partial charge in [-0.3, -0.25) is 4.79 Å². The molecule has 0 spiro atoms. The fourth-order valence-electron chi connectivity index (χ4n) is 8.49. The molecule has 34 heavy (non-hydrogen) atoms. The molecule has 4 aromatic carbocycles. The number of carbonyl (C=O) groups is 1. The van der Waals surface area contributed by atoms with Gasteiger partial charge in [-0.05, 0) is 119 Å². The zero-order valence-corrected chi connectivity index (χ0v) is 20.0. The predicted molar refractivity (Wildman–Crippen MR) is 139 cm³/mol. The second kappa shape index (κ2) is 7.97. The molecule has 0 aliphatic heterocycles. The zero-order chi connectivity index (χ0) is 22.7. The van der Waals surface area contributed by atoms with Crippen LogP contribution in [0.25, 0.3) is 32.3 Å². The third kappa shape index (κ3) is 3.49. The molecule has 0 atom stereocenters. The summed E-state index contributed by atoms with van der Waals surface area (Å²) in [6, 6.07) is 20.0. The lowest BCUT2D eigenvalue weighted by Gasteiger charge is -2.57. The van der Waals surface area contributed by atoms with Gasteiger partial charge in [0.2, 0.25) is 0 Å². The molecule has 4 aliphatic carbocycles. The maximum atomic E-state index is 12.5. The van der Waals surface area contributed by atoms with Crippen molar-refractivity contribution >= 4 is 38.3 Å². The van der Waals surface area contributed by atoms with Gasteiger partial charge in [0.1, 0.15) is 0 Å². The summed E-state index contributed by atoms with van der Waals surface area (Å²) in [5.74, 6) is 2.88. The van der Waals surface area contributed by atoms with E-state index >= 15 is 0 Å². The fourth-order valence-corrected chi connectivity index (χ4v) is 8.49. The Kier molecular flexibility index (Phi) is 4.86. The maximum absolute atomic E-state index is 12.5. The van der Waals surface area contributed by atoms with Gasteiger partial charge < -0.3 is 4.74 Å². The van der Waals surface area contributed by atoms with Gasteiger partial charge in [-0.2, -0.15) is 0 Å². The summed E-state index contributed by atoms with van der Waals surface area (Å²) in [6.45, 7) is 0.629. The van der Waals surface area contributed by atoms with Crippen LogP contribution in [0.5, 0.6) is 0 Å². The Morgan fingerprint density at radius 1 is 0.794 bits per heavy atom. The normalized spacial score (nSPS) is 27.8. The van der Waals surface area contributed by atoms with E-state index in [0.717, 1.165) is 37.0 Å². The Hall–Kier alpha value is -2.61. The van der Waals surface area contributed by atoms with Crippen molar-refractivity contribution in [3.05, 3.63) is 60.2 Å². The lowest BCUT2D eigenvalue weighted by molar-refractivity contribution is -0.146. The van der Waals surface area contributed by atoms with Crippen molar-refractivity contribution < 1.29 is 9.53 Å². The van der Waals surface area contributed by atoms with E-state index < -0.39 is 0 Å². The molecular formula is C32H34O2. The summed E-state index contributed by atoms with van der Waals surface area (Å²) in [5, 5.41) is 7.96. The molecule has 4 bridgehead atoms. The van der Waals surface area contributed by atoms with Gasteiger partial charge in [-0.1, -0.05) is 54.6 Å². The monoisotopic (exact) mass is 450 g/mol. The van der Waals surface area contributed by atoms with Crippen molar-refractivity contribution in [2.75, 3.05) is 6.61 Å². The van der Waals surface area contributed by atoms with Gasteiger partial charge in [0, 0.05) is 6.42 Å². The molecule has 0 amide bonds. The highest BCUT2D eigenvalue weighted by Gasteiger charge is 2.50. The minimum atomic E-state index is -0.0116. The molecule has 4 fully saturated rings. The average Bonchev–Trinajstić information content (AvgIpc) is 2.82. The second-order valence-electron chi connectivity index (χ2n) is 11.8. The zero-order valence-electron chi connectivity index (χ0n) is 20.0. The molecule has 0 N–H and O–H groups in total. The van der Waals surface area contributed by atoms with E-state index in [-0.39, 0.29) is 5.97 Å². The minimum absolute atomic E-state index is 0.0116. The van der Waals surface area contributed by atoms with Gasteiger partial charge in [-0.25, -0.2) is 0 Å². The summed E-state index contributed by atoms with van der Waals surface area (Å²) < 4.78 is 5.76. The van der Waals surface area contributed by atoms with Crippen molar-refractivity contribution in [3.63, 3.8) is 0 Å². The molecule has 4 aliphatic rings. The lowest BCUT2D eigenvalue weighted by Crippen LogP contribution is -2.46. The maximum Gasteiger partial charge on any atom is 0.305 e. The Morgan fingerprint density at radius 3 is 2.12 bits per heavy atom. The summed E-state index contributed by atoms with van der Waals surface area (Å²) in [6.07, 6.45) is 12.0. The topological polar surface area (TPSA) is 26.3 Å². The van der Waals surface area contributed by atoms with Crippen LogP contribution in [0.2, 0.25) is 0 Å². The lowest BCUT2D eigenvalue weighted by atomic mass is 9.49. The first-order valence-electron chi connectivity index (χ1n) is 13.5. The first-order valence-corrected chi connectivity index (χ1v) is 13.5. The first-order chi connectivity index (χ1) is 16.7. The SMILES string of the molecule is O=C(CCCc1ccc2ccc3cccc4ccc1c2c34)OCCC12CC3CC(CC(C3)C1)C2. The molecular weight excluding hydrogens is 416 g/mol. The van der Waals surface area contributed by atoms with E-state index in [9.17, 15) is 4.79 Å². The number of ether oxygens (including phenoxy) is 1. The average molecular weight is 451 g/mol. The Labute approximate surface area is 202 Å². The number of esters is 1. The molecule has 0 saturated heterocycles. The highest BCUT2D eigenvalue weighted by Crippen LogP contribution is 2.61. The van der Waals surface area contributed by atoms with E-state index in [2.05, 4.69) is 54.6 Å². The van der Waals surface area contributed by atoms with Crippen LogP contribution in [0.3, 0.4) is 0 Å². The Bertz CT molecular complexity index is 1310. The van der Waals surface area contributed by atoms with Gasteiger partial charge in [0.25, 0.3) is 0 Å². The molecule has 4 saturated carbocycles. The van der Waals surface area contributed by atoms with Gasteiger partial charge in [0.05, 0.1) is 6.61 Å². The first kappa shape index (κ1) is 20.7. The molecule has 8 rings (SSSR count). The van der Waals surface area contributed by atoms with Crippen LogP contribution in [0.15, 0.2) is 54.6 Å². The Balaban J connectivity index is 0.983. The summed E-state index contributed by atoms with van der Waals surface area (Å²) in [7, 11) is 0. The minimum Gasteiger partial charge on any atom is -0.466 e. The van der Waals surface area contributed by atoms with E-state index in [1.165, 1.54) is 76.4 Å². The molecule has 4 aromatic rings. The number of benzene rings is 4. The van der Waals surface area contributed by atoms with Crippen LogP contribution in [0, 0.1) is 23.2 Å². The van der Waals surface area contributed by atoms with Crippen LogP contribution in [0.1, 0.15) is 63.4 Å². The van der Waals surface area contributed by atoms with Gasteiger partial charge >= 0.3 is 5.97 Å². The van der Waals surface area contributed by atoms with Crippen LogP contribution < -0.4 is 0 Å². The third-order valence-electron chi connectivity index (χ3n) is 9.51. The standard InChI is InChI=1S/C32H34O2/c33-29(34-14-13-32-18-21-15-22(19-32)17-23(16-21)20-32)6-2-3-24-7-8-27-10-9-25-4-1-5-26-11-12-28(24)31(27)30(25)26/h1,4-5,7-12,21-23H,2-3,6,13-20H2.